The standard InChI is InChI=1S/C24H24N6O2/c1-16-8-9-19(10-17(16)2)23-21(14-30(28-23)12-18-6-4-3-5-7-18)24(32)27-20-11-26-29(13-20)15-22(25)31/h3-11,13-14H,12,15H2,1-2H3,(H2,25,31)(H,27,32). The van der Waals surface area contributed by atoms with Crippen molar-refractivity contribution in [2.24, 2.45) is 5.73 Å². The van der Waals surface area contributed by atoms with Gasteiger partial charge in [-0.05, 0) is 36.6 Å². The van der Waals surface area contributed by atoms with Crippen molar-refractivity contribution in [1.82, 2.24) is 19.6 Å². The van der Waals surface area contributed by atoms with Gasteiger partial charge in [0, 0.05) is 18.0 Å². The number of rotatable bonds is 7. The molecule has 0 saturated heterocycles. The van der Waals surface area contributed by atoms with Crippen molar-refractivity contribution < 1.29 is 9.59 Å². The maximum Gasteiger partial charge on any atom is 0.259 e. The highest BCUT2D eigenvalue weighted by Crippen LogP contribution is 2.26. The van der Waals surface area contributed by atoms with Crippen molar-refractivity contribution in [2.75, 3.05) is 5.32 Å². The van der Waals surface area contributed by atoms with Gasteiger partial charge in [0.25, 0.3) is 5.91 Å². The maximum absolute atomic E-state index is 13.2. The summed E-state index contributed by atoms with van der Waals surface area (Å²) in [6.45, 7) is 4.57. The van der Waals surface area contributed by atoms with Crippen LogP contribution in [-0.4, -0.2) is 31.4 Å². The predicted octanol–water partition coefficient (Wildman–Crippen LogP) is 3.15. The summed E-state index contributed by atoms with van der Waals surface area (Å²) in [6, 6.07) is 16.0. The molecule has 2 amide bonds. The van der Waals surface area contributed by atoms with Gasteiger partial charge < -0.3 is 11.1 Å². The van der Waals surface area contributed by atoms with Crippen molar-refractivity contribution in [1.29, 1.82) is 0 Å². The summed E-state index contributed by atoms with van der Waals surface area (Å²) in [4.78, 5) is 24.3. The van der Waals surface area contributed by atoms with Crippen LogP contribution in [0.25, 0.3) is 11.3 Å². The molecule has 4 rings (SSSR count). The minimum atomic E-state index is -0.509. The third-order valence-corrected chi connectivity index (χ3v) is 5.18. The van der Waals surface area contributed by atoms with Gasteiger partial charge in [0.05, 0.1) is 24.0 Å². The van der Waals surface area contributed by atoms with Crippen LogP contribution in [0.3, 0.4) is 0 Å². The number of benzene rings is 2. The average molecular weight is 428 g/mol. The fraction of sp³-hybridized carbons (Fsp3) is 0.167. The second-order valence-corrected chi connectivity index (χ2v) is 7.72. The topological polar surface area (TPSA) is 108 Å². The van der Waals surface area contributed by atoms with Crippen molar-refractivity contribution in [3.05, 3.63) is 89.4 Å². The molecule has 2 aromatic carbocycles. The van der Waals surface area contributed by atoms with E-state index in [-0.39, 0.29) is 12.5 Å². The number of anilines is 1. The van der Waals surface area contributed by atoms with Crippen LogP contribution >= 0.6 is 0 Å². The Hall–Kier alpha value is -4.20. The Kier molecular flexibility index (Phi) is 5.85. The fourth-order valence-corrected chi connectivity index (χ4v) is 3.41. The lowest BCUT2D eigenvalue weighted by Crippen LogP contribution is -2.18. The molecule has 0 aliphatic rings. The number of carbonyl (C=O) groups excluding carboxylic acids is 2. The van der Waals surface area contributed by atoms with Gasteiger partial charge in [-0.15, -0.1) is 0 Å². The van der Waals surface area contributed by atoms with E-state index in [1.807, 2.05) is 62.4 Å². The van der Waals surface area contributed by atoms with Crippen molar-refractivity contribution in [2.45, 2.75) is 26.9 Å². The van der Waals surface area contributed by atoms with Gasteiger partial charge >= 0.3 is 0 Å². The number of hydrogen-bond acceptors (Lipinski definition) is 4. The molecule has 4 aromatic rings. The zero-order valence-electron chi connectivity index (χ0n) is 17.9. The summed E-state index contributed by atoms with van der Waals surface area (Å²) >= 11 is 0. The van der Waals surface area contributed by atoms with Gasteiger partial charge in [-0.2, -0.15) is 10.2 Å². The number of hydrogen-bond donors (Lipinski definition) is 2. The first kappa shape index (κ1) is 21.0. The summed E-state index contributed by atoms with van der Waals surface area (Å²) in [5.74, 6) is -0.818. The monoisotopic (exact) mass is 428 g/mol. The van der Waals surface area contributed by atoms with E-state index in [9.17, 15) is 9.59 Å². The van der Waals surface area contributed by atoms with Gasteiger partial charge in [-0.1, -0.05) is 42.5 Å². The highest BCUT2D eigenvalue weighted by molar-refractivity contribution is 6.08. The Labute approximate surface area is 185 Å². The molecule has 0 saturated carbocycles. The molecule has 2 aromatic heterocycles. The number of aryl methyl sites for hydroxylation is 2. The third-order valence-electron chi connectivity index (χ3n) is 5.18. The van der Waals surface area contributed by atoms with Crippen LogP contribution < -0.4 is 11.1 Å². The van der Waals surface area contributed by atoms with E-state index in [2.05, 4.69) is 10.4 Å². The zero-order chi connectivity index (χ0) is 22.7. The van der Waals surface area contributed by atoms with E-state index >= 15 is 0 Å². The number of nitrogens with zero attached hydrogens (tertiary/aromatic N) is 4. The van der Waals surface area contributed by atoms with Crippen LogP contribution in [0.4, 0.5) is 5.69 Å². The van der Waals surface area contributed by atoms with Crippen LogP contribution in [0.15, 0.2) is 67.1 Å². The Balaban J connectivity index is 1.66. The zero-order valence-corrected chi connectivity index (χ0v) is 17.9. The molecule has 0 atom stereocenters. The molecule has 32 heavy (non-hydrogen) atoms. The molecule has 8 nitrogen and oxygen atoms in total. The van der Waals surface area contributed by atoms with Crippen LogP contribution in [0.1, 0.15) is 27.0 Å². The Morgan fingerprint density at radius 3 is 2.50 bits per heavy atom. The molecule has 0 fully saturated rings. The van der Waals surface area contributed by atoms with Crippen molar-refractivity contribution in [3.63, 3.8) is 0 Å². The molecule has 0 aliphatic heterocycles. The summed E-state index contributed by atoms with van der Waals surface area (Å²) in [5, 5.41) is 11.6. The SMILES string of the molecule is Cc1ccc(-c2nn(Cc3ccccc3)cc2C(=O)Nc2cnn(CC(N)=O)c2)cc1C. The highest BCUT2D eigenvalue weighted by Gasteiger charge is 2.19. The number of primary amides is 1. The second kappa shape index (κ2) is 8.89. The van der Waals surface area contributed by atoms with E-state index < -0.39 is 5.91 Å². The Morgan fingerprint density at radius 2 is 1.78 bits per heavy atom. The fourth-order valence-electron chi connectivity index (χ4n) is 3.41. The van der Waals surface area contributed by atoms with Crippen LogP contribution in [0.5, 0.6) is 0 Å². The summed E-state index contributed by atoms with van der Waals surface area (Å²) in [5.41, 5.74) is 11.0. The Bertz CT molecular complexity index is 1270. The molecule has 3 N–H and O–H groups in total. The molecule has 0 radical (unpaired) electrons. The maximum atomic E-state index is 13.2. The summed E-state index contributed by atoms with van der Waals surface area (Å²) in [6.07, 6.45) is 4.79. The molecular weight excluding hydrogens is 404 g/mol. The van der Waals surface area contributed by atoms with Crippen LogP contribution in [0.2, 0.25) is 0 Å². The predicted molar refractivity (Wildman–Crippen MR) is 122 cm³/mol. The number of aromatic nitrogens is 4. The van der Waals surface area contributed by atoms with E-state index in [1.165, 1.54) is 16.4 Å². The number of nitrogens with two attached hydrogens (primary N) is 1. The lowest BCUT2D eigenvalue weighted by atomic mass is 10.0. The molecule has 2 heterocycles. The lowest BCUT2D eigenvalue weighted by molar-refractivity contribution is -0.118. The quantitative estimate of drug-likeness (QED) is 0.471. The smallest absolute Gasteiger partial charge is 0.259 e. The highest BCUT2D eigenvalue weighted by atomic mass is 16.2. The van der Waals surface area contributed by atoms with Gasteiger partial charge in [-0.3, -0.25) is 19.0 Å². The third kappa shape index (κ3) is 4.75. The molecular formula is C24H24N6O2. The molecule has 0 unspecified atom stereocenters. The normalized spacial score (nSPS) is 10.8. The first-order valence-electron chi connectivity index (χ1n) is 10.2. The van der Waals surface area contributed by atoms with Crippen LogP contribution in [-0.2, 0) is 17.9 Å². The van der Waals surface area contributed by atoms with Crippen molar-refractivity contribution in [3.8, 4) is 11.3 Å². The molecule has 0 aliphatic carbocycles. The number of nitrogens with one attached hydrogen (secondary N) is 1. The van der Waals surface area contributed by atoms with E-state index in [0.29, 0.717) is 23.5 Å². The average Bonchev–Trinajstić information content (AvgIpc) is 3.37. The Morgan fingerprint density at radius 1 is 1.00 bits per heavy atom. The minimum Gasteiger partial charge on any atom is -0.368 e. The second-order valence-electron chi connectivity index (χ2n) is 7.72. The van der Waals surface area contributed by atoms with Gasteiger partial charge in [0.2, 0.25) is 5.91 Å². The summed E-state index contributed by atoms with van der Waals surface area (Å²) < 4.78 is 3.15. The first-order chi connectivity index (χ1) is 15.4. The summed E-state index contributed by atoms with van der Waals surface area (Å²) in [7, 11) is 0. The number of carbonyl (C=O) groups is 2. The van der Waals surface area contributed by atoms with Crippen LogP contribution in [0, 0.1) is 13.8 Å². The minimum absolute atomic E-state index is 0.0568. The van der Waals surface area contributed by atoms with E-state index in [4.69, 9.17) is 10.8 Å². The first-order valence-corrected chi connectivity index (χ1v) is 10.2. The van der Waals surface area contributed by atoms with Gasteiger partial charge in [0.1, 0.15) is 12.2 Å². The van der Waals surface area contributed by atoms with E-state index in [1.54, 1.807) is 17.1 Å². The van der Waals surface area contributed by atoms with Crippen molar-refractivity contribution >= 4 is 17.5 Å². The molecule has 0 spiro atoms. The molecule has 0 bridgehead atoms. The number of amides is 2. The molecule has 162 valence electrons. The van der Waals surface area contributed by atoms with Gasteiger partial charge in [-0.25, -0.2) is 0 Å². The van der Waals surface area contributed by atoms with E-state index in [0.717, 1.165) is 16.7 Å². The lowest BCUT2D eigenvalue weighted by Gasteiger charge is -2.06. The largest absolute Gasteiger partial charge is 0.368 e. The van der Waals surface area contributed by atoms with Gasteiger partial charge in [0.15, 0.2) is 0 Å². The molecule has 8 heteroatoms.